The van der Waals surface area contributed by atoms with Crippen molar-refractivity contribution in [2.24, 2.45) is 5.92 Å². The van der Waals surface area contributed by atoms with Crippen molar-refractivity contribution in [2.45, 2.75) is 72.5 Å². The third-order valence-electron chi connectivity index (χ3n) is 6.43. The number of carbonyl (C=O) groups excluding carboxylic acids is 5. The van der Waals surface area contributed by atoms with E-state index in [1.165, 1.54) is 32.0 Å². The second-order valence-corrected chi connectivity index (χ2v) is 11.2. The molecule has 2 aromatic rings. The number of carboxylic acid groups (broad SMARTS) is 1. The summed E-state index contributed by atoms with van der Waals surface area (Å²) in [6.07, 6.45) is 0.204. The zero-order valence-corrected chi connectivity index (χ0v) is 28.5. The lowest BCUT2D eigenvalue weighted by atomic mass is 10.1. The third kappa shape index (κ3) is 18.1. The predicted octanol–water partition coefficient (Wildman–Crippen LogP) is 6.59. The minimum Gasteiger partial charge on any atom is -0.481 e. The summed E-state index contributed by atoms with van der Waals surface area (Å²) in [4.78, 5) is 69.6. The molecule has 0 saturated carbocycles. The molecule has 0 fully saturated rings. The SMILES string of the molecule is CC(=O)OC(C)CCOC(=O)Oc1cc(/C=C/c2ccc(OC(=O)OCCC(C)CC(=O)O)cc2)cc(OC(=O)OCCC(C)OC(C)=O)c1. The lowest BCUT2D eigenvalue weighted by molar-refractivity contribution is -0.147. The Morgan fingerprint density at radius 2 is 1.02 bits per heavy atom. The van der Waals surface area contributed by atoms with Crippen LogP contribution in [-0.4, -0.2) is 73.5 Å². The number of ether oxygens (including phenoxy) is 8. The normalized spacial score (nSPS) is 12.5. The molecular weight excluding hydrogens is 660 g/mol. The number of esters is 2. The van der Waals surface area contributed by atoms with E-state index in [2.05, 4.69) is 0 Å². The van der Waals surface area contributed by atoms with Gasteiger partial charge in [0.2, 0.25) is 0 Å². The van der Waals surface area contributed by atoms with E-state index in [-0.39, 0.29) is 62.2 Å². The van der Waals surface area contributed by atoms with Gasteiger partial charge in [-0.2, -0.15) is 0 Å². The first kappa shape index (κ1) is 40.6. The van der Waals surface area contributed by atoms with Gasteiger partial charge in [-0.15, -0.1) is 0 Å². The number of carboxylic acids is 1. The smallest absolute Gasteiger partial charge is 0.481 e. The molecule has 2 rings (SSSR count). The van der Waals surface area contributed by atoms with Crippen LogP contribution in [-0.2, 0) is 38.1 Å². The van der Waals surface area contributed by atoms with E-state index in [0.717, 1.165) is 0 Å². The number of rotatable bonds is 18. The van der Waals surface area contributed by atoms with Crippen LogP contribution in [0.25, 0.3) is 12.2 Å². The van der Waals surface area contributed by atoms with Gasteiger partial charge in [0.25, 0.3) is 0 Å². The van der Waals surface area contributed by atoms with Crippen LogP contribution >= 0.6 is 0 Å². The molecule has 0 radical (unpaired) electrons. The zero-order valence-electron chi connectivity index (χ0n) is 28.5. The van der Waals surface area contributed by atoms with Gasteiger partial charge >= 0.3 is 36.4 Å². The lowest BCUT2D eigenvalue weighted by Gasteiger charge is -2.13. The molecule has 0 aromatic heterocycles. The number of benzene rings is 2. The molecule has 3 atom stereocenters. The van der Waals surface area contributed by atoms with E-state index >= 15 is 0 Å². The molecule has 0 spiro atoms. The molecule has 15 heteroatoms. The summed E-state index contributed by atoms with van der Waals surface area (Å²) < 4.78 is 40.8. The van der Waals surface area contributed by atoms with Gasteiger partial charge in [-0.1, -0.05) is 31.2 Å². The summed E-state index contributed by atoms with van der Waals surface area (Å²) in [7, 11) is 0. The van der Waals surface area contributed by atoms with Crippen molar-refractivity contribution in [3.05, 3.63) is 53.6 Å². The quantitative estimate of drug-likeness (QED) is 0.0755. The van der Waals surface area contributed by atoms with Crippen LogP contribution in [0.3, 0.4) is 0 Å². The first-order valence-electron chi connectivity index (χ1n) is 15.7. The van der Waals surface area contributed by atoms with Crippen molar-refractivity contribution >= 4 is 48.5 Å². The second kappa shape index (κ2) is 21.4. The molecule has 0 aliphatic carbocycles. The number of aliphatic carboxylic acids is 1. The van der Waals surface area contributed by atoms with E-state index in [4.69, 9.17) is 43.0 Å². The molecule has 0 heterocycles. The number of hydrogen-bond acceptors (Lipinski definition) is 14. The summed E-state index contributed by atoms with van der Waals surface area (Å²) in [6.45, 7) is 7.43. The average molecular weight is 703 g/mol. The summed E-state index contributed by atoms with van der Waals surface area (Å²) in [5, 5.41) is 8.81. The molecule has 0 aliphatic rings. The topological polar surface area (TPSA) is 196 Å². The van der Waals surface area contributed by atoms with Gasteiger partial charge in [0.15, 0.2) is 0 Å². The van der Waals surface area contributed by atoms with Gasteiger partial charge in [-0.25, -0.2) is 14.4 Å². The minimum atomic E-state index is -1.04. The van der Waals surface area contributed by atoms with Crippen molar-refractivity contribution in [3.63, 3.8) is 0 Å². The Hall–Kier alpha value is -5.60. The molecule has 0 aliphatic heterocycles. The molecular formula is C35H42O15. The standard InChI is InChI=1S/C35H42O15/c1-22(18-32(38)39)12-15-43-33(40)48-29-10-8-27(9-11-29)6-7-28-19-30(49-34(41)44-16-13-23(2)46-25(4)36)21-31(20-28)50-35(42)45-17-14-24(3)47-26(5)37/h6-11,19-24H,12-18H2,1-5H3,(H,38,39)/b7-6+. The molecule has 0 saturated heterocycles. The Bertz CT molecular complexity index is 1420. The van der Waals surface area contributed by atoms with Crippen LogP contribution in [0.1, 0.15) is 71.4 Å². The van der Waals surface area contributed by atoms with Crippen LogP contribution in [0.4, 0.5) is 14.4 Å². The van der Waals surface area contributed by atoms with Gasteiger partial charge in [0.1, 0.15) is 29.5 Å². The molecule has 2 aromatic carbocycles. The Morgan fingerprint density at radius 3 is 1.46 bits per heavy atom. The van der Waals surface area contributed by atoms with Gasteiger partial charge in [-0.3, -0.25) is 14.4 Å². The van der Waals surface area contributed by atoms with E-state index in [9.17, 15) is 28.8 Å². The minimum absolute atomic E-state index is 0.0165. The zero-order chi connectivity index (χ0) is 37.1. The van der Waals surface area contributed by atoms with Gasteiger partial charge in [-0.05, 0) is 61.6 Å². The number of carbonyl (C=O) groups is 6. The van der Waals surface area contributed by atoms with E-state index < -0.39 is 48.6 Å². The maximum Gasteiger partial charge on any atom is 0.513 e. The van der Waals surface area contributed by atoms with Crippen molar-refractivity contribution < 1.29 is 71.8 Å². The summed E-state index contributed by atoms with van der Waals surface area (Å²) >= 11 is 0. The fourth-order valence-corrected chi connectivity index (χ4v) is 4.07. The number of hydrogen-bond donors (Lipinski definition) is 1. The Kier molecular flexibility index (Phi) is 17.4. The van der Waals surface area contributed by atoms with Gasteiger partial charge in [0.05, 0.1) is 19.8 Å². The highest BCUT2D eigenvalue weighted by atomic mass is 16.7. The molecule has 50 heavy (non-hydrogen) atoms. The monoisotopic (exact) mass is 702 g/mol. The fraction of sp³-hybridized carbons (Fsp3) is 0.429. The Morgan fingerprint density at radius 1 is 0.600 bits per heavy atom. The van der Waals surface area contributed by atoms with Gasteiger partial charge in [0, 0.05) is 39.2 Å². The summed E-state index contributed by atoms with van der Waals surface area (Å²) in [6, 6.07) is 10.7. The average Bonchev–Trinajstić information content (AvgIpc) is 2.99. The molecule has 15 nitrogen and oxygen atoms in total. The van der Waals surface area contributed by atoms with Crippen molar-refractivity contribution in [2.75, 3.05) is 19.8 Å². The Balaban J connectivity index is 2.07. The van der Waals surface area contributed by atoms with Crippen LogP contribution < -0.4 is 14.2 Å². The fourth-order valence-electron chi connectivity index (χ4n) is 4.07. The maximum atomic E-state index is 12.4. The van der Waals surface area contributed by atoms with E-state index in [0.29, 0.717) is 17.5 Å². The highest BCUT2D eigenvalue weighted by Gasteiger charge is 2.15. The molecule has 272 valence electrons. The molecule has 0 bridgehead atoms. The maximum absolute atomic E-state index is 12.4. The highest BCUT2D eigenvalue weighted by Crippen LogP contribution is 2.26. The summed E-state index contributed by atoms with van der Waals surface area (Å²) in [5.74, 6) is -1.82. The van der Waals surface area contributed by atoms with Crippen LogP contribution in [0.5, 0.6) is 17.2 Å². The lowest BCUT2D eigenvalue weighted by Crippen LogP contribution is -2.18. The van der Waals surface area contributed by atoms with Crippen LogP contribution in [0.15, 0.2) is 42.5 Å². The van der Waals surface area contributed by atoms with E-state index in [1.54, 1.807) is 57.2 Å². The van der Waals surface area contributed by atoms with Crippen molar-refractivity contribution in [3.8, 4) is 17.2 Å². The highest BCUT2D eigenvalue weighted by molar-refractivity contribution is 5.74. The first-order chi connectivity index (χ1) is 23.7. The first-order valence-corrected chi connectivity index (χ1v) is 15.7. The van der Waals surface area contributed by atoms with Crippen molar-refractivity contribution in [1.82, 2.24) is 0 Å². The van der Waals surface area contributed by atoms with Crippen LogP contribution in [0.2, 0.25) is 0 Å². The van der Waals surface area contributed by atoms with Gasteiger partial charge < -0.3 is 43.0 Å². The van der Waals surface area contributed by atoms with Crippen molar-refractivity contribution in [1.29, 1.82) is 0 Å². The molecule has 0 amide bonds. The summed E-state index contributed by atoms with van der Waals surface area (Å²) in [5.41, 5.74) is 1.13. The van der Waals surface area contributed by atoms with E-state index in [1.807, 2.05) is 0 Å². The Labute approximate surface area is 289 Å². The third-order valence-corrected chi connectivity index (χ3v) is 6.43. The predicted molar refractivity (Wildman–Crippen MR) is 175 cm³/mol. The van der Waals surface area contributed by atoms with Crippen LogP contribution in [0, 0.1) is 5.92 Å². The molecule has 3 unspecified atom stereocenters. The largest absolute Gasteiger partial charge is 0.513 e. The second-order valence-electron chi connectivity index (χ2n) is 11.2. The molecule has 1 N–H and O–H groups in total.